The molecule has 0 unspecified atom stereocenters. The van der Waals surface area contributed by atoms with Gasteiger partial charge in [0.15, 0.2) is 5.78 Å². The molecule has 0 aliphatic rings. The third kappa shape index (κ3) is 2.45. The van der Waals surface area contributed by atoms with E-state index in [2.05, 4.69) is 0 Å². The van der Waals surface area contributed by atoms with Crippen molar-refractivity contribution in [1.82, 2.24) is 4.57 Å². The quantitative estimate of drug-likeness (QED) is 0.418. The predicted octanol–water partition coefficient (Wildman–Crippen LogP) is 3.80. The van der Waals surface area contributed by atoms with Crippen molar-refractivity contribution in [3.8, 4) is 0 Å². The van der Waals surface area contributed by atoms with Crippen LogP contribution in [0.15, 0.2) is 42.6 Å². The van der Waals surface area contributed by atoms with Crippen LogP contribution in [0.4, 0.5) is 5.69 Å². The lowest BCUT2D eigenvalue weighted by molar-refractivity contribution is -0.383. The minimum atomic E-state index is -0.418. The van der Waals surface area contributed by atoms with Gasteiger partial charge in [-0.2, -0.15) is 0 Å². The fourth-order valence-corrected chi connectivity index (χ4v) is 3.13. The number of nitro benzene ring substituents is 1. The number of aryl methyl sites for hydroxylation is 1. The summed E-state index contributed by atoms with van der Waals surface area (Å²) in [5.41, 5.74) is 0.511. The number of benzene rings is 1. The Morgan fingerprint density at radius 2 is 2.10 bits per heavy atom. The molecule has 0 amide bonds. The molecule has 0 radical (unpaired) electrons. The fraction of sp³-hybridized carbons (Fsp3) is 0.133. The van der Waals surface area contributed by atoms with Crippen LogP contribution in [0.2, 0.25) is 0 Å². The fourth-order valence-electron chi connectivity index (χ4n) is 2.34. The van der Waals surface area contributed by atoms with E-state index in [9.17, 15) is 14.9 Å². The van der Waals surface area contributed by atoms with Crippen LogP contribution in [0.1, 0.15) is 14.5 Å². The number of carbonyl (C=O) groups excluding carboxylic acids is 1. The normalized spacial score (nSPS) is 10.9. The Kier molecular flexibility index (Phi) is 3.31. The van der Waals surface area contributed by atoms with Gasteiger partial charge >= 0.3 is 0 Å². The lowest BCUT2D eigenvalue weighted by atomic mass is 10.2. The molecule has 3 rings (SSSR count). The van der Waals surface area contributed by atoms with Crippen LogP contribution in [0, 0.1) is 17.0 Å². The van der Waals surface area contributed by atoms with Gasteiger partial charge in [-0.05, 0) is 25.1 Å². The van der Waals surface area contributed by atoms with E-state index in [1.54, 1.807) is 35.0 Å². The van der Waals surface area contributed by atoms with Gasteiger partial charge in [0.25, 0.3) is 5.69 Å². The number of nitro groups is 1. The van der Waals surface area contributed by atoms with Crippen molar-refractivity contribution in [1.29, 1.82) is 0 Å². The van der Waals surface area contributed by atoms with E-state index in [-0.39, 0.29) is 18.0 Å². The van der Waals surface area contributed by atoms with E-state index in [1.807, 2.05) is 13.0 Å². The van der Waals surface area contributed by atoms with E-state index >= 15 is 0 Å². The van der Waals surface area contributed by atoms with Crippen molar-refractivity contribution < 1.29 is 9.72 Å². The molecule has 1 aromatic carbocycles. The Morgan fingerprint density at radius 1 is 1.29 bits per heavy atom. The monoisotopic (exact) mass is 300 g/mol. The average molecular weight is 300 g/mol. The van der Waals surface area contributed by atoms with Crippen molar-refractivity contribution in [2.24, 2.45) is 0 Å². The average Bonchev–Trinajstić information content (AvgIpc) is 3.05. The Morgan fingerprint density at radius 3 is 2.76 bits per heavy atom. The van der Waals surface area contributed by atoms with Crippen LogP contribution >= 0.6 is 11.3 Å². The molecule has 0 atom stereocenters. The van der Waals surface area contributed by atoms with E-state index < -0.39 is 4.92 Å². The summed E-state index contributed by atoms with van der Waals surface area (Å²) in [7, 11) is 0. The van der Waals surface area contributed by atoms with Gasteiger partial charge < -0.3 is 4.57 Å². The summed E-state index contributed by atoms with van der Waals surface area (Å²) in [5, 5.41) is 11.9. The van der Waals surface area contributed by atoms with Crippen LogP contribution in [-0.4, -0.2) is 15.3 Å². The van der Waals surface area contributed by atoms with Crippen molar-refractivity contribution in [3.05, 3.63) is 62.5 Å². The standard InChI is InChI=1S/C15H12N2O3S/c1-10-5-6-14(21-10)13(18)9-16-8-7-11-3-2-4-12(15(11)16)17(19)20/h2-8H,9H2,1H3. The Balaban J connectivity index is 2.01. The van der Waals surface area contributed by atoms with Gasteiger partial charge in [0.2, 0.25) is 0 Å². The summed E-state index contributed by atoms with van der Waals surface area (Å²) < 4.78 is 1.64. The van der Waals surface area contributed by atoms with Crippen LogP contribution in [-0.2, 0) is 6.54 Å². The summed E-state index contributed by atoms with van der Waals surface area (Å²) >= 11 is 1.44. The number of fused-ring (bicyclic) bond motifs is 1. The molecule has 0 fully saturated rings. The molecule has 2 aromatic heterocycles. The Bertz CT molecular complexity index is 848. The second-order valence-electron chi connectivity index (χ2n) is 4.75. The number of para-hydroxylation sites is 1. The maximum absolute atomic E-state index is 12.3. The molecule has 0 aliphatic heterocycles. The number of nitrogens with zero attached hydrogens (tertiary/aromatic N) is 2. The summed E-state index contributed by atoms with van der Waals surface area (Å²) in [6, 6.07) is 10.4. The van der Waals surface area contributed by atoms with Gasteiger partial charge in [-0.25, -0.2) is 0 Å². The predicted molar refractivity (Wildman–Crippen MR) is 82.0 cm³/mol. The molecule has 5 nitrogen and oxygen atoms in total. The number of carbonyl (C=O) groups is 1. The number of ketones is 1. The molecule has 3 aromatic rings. The summed E-state index contributed by atoms with van der Waals surface area (Å²) in [5.74, 6) is -0.0382. The van der Waals surface area contributed by atoms with Crippen molar-refractivity contribution in [2.45, 2.75) is 13.5 Å². The lowest BCUT2D eigenvalue weighted by Crippen LogP contribution is -2.08. The molecule has 0 spiro atoms. The van der Waals surface area contributed by atoms with Gasteiger partial charge in [0.1, 0.15) is 5.52 Å². The first-order valence-electron chi connectivity index (χ1n) is 6.38. The van der Waals surface area contributed by atoms with Gasteiger partial charge in [-0.1, -0.05) is 12.1 Å². The zero-order valence-electron chi connectivity index (χ0n) is 11.3. The molecule has 0 saturated heterocycles. The van der Waals surface area contributed by atoms with Crippen molar-refractivity contribution in [3.63, 3.8) is 0 Å². The molecule has 0 saturated carbocycles. The molecular formula is C15H12N2O3S. The van der Waals surface area contributed by atoms with Crippen LogP contribution in [0.5, 0.6) is 0 Å². The van der Waals surface area contributed by atoms with E-state index in [4.69, 9.17) is 0 Å². The molecule has 0 aliphatic carbocycles. The maximum Gasteiger partial charge on any atom is 0.293 e. The molecule has 21 heavy (non-hydrogen) atoms. The highest BCUT2D eigenvalue weighted by Gasteiger charge is 2.17. The van der Waals surface area contributed by atoms with Gasteiger partial charge in [0.05, 0.1) is 16.3 Å². The zero-order valence-corrected chi connectivity index (χ0v) is 12.1. The summed E-state index contributed by atoms with van der Waals surface area (Å²) in [4.78, 5) is 24.7. The summed E-state index contributed by atoms with van der Waals surface area (Å²) in [6.45, 7) is 2.05. The first kappa shape index (κ1) is 13.5. The van der Waals surface area contributed by atoms with Gasteiger partial charge in [-0.3, -0.25) is 14.9 Å². The highest BCUT2D eigenvalue weighted by molar-refractivity contribution is 7.14. The number of thiophene rings is 1. The molecule has 106 valence electrons. The Hall–Kier alpha value is -2.47. The number of hydrogen-bond donors (Lipinski definition) is 0. The molecule has 0 N–H and O–H groups in total. The van der Waals surface area contributed by atoms with Crippen LogP contribution in [0.25, 0.3) is 10.9 Å². The minimum absolute atomic E-state index is 0.0210. The highest BCUT2D eigenvalue weighted by Crippen LogP contribution is 2.27. The maximum atomic E-state index is 12.3. The third-order valence-corrected chi connectivity index (χ3v) is 4.33. The molecule has 2 heterocycles. The second kappa shape index (κ2) is 5.14. The van der Waals surface area contributed by atoms with E-state index in [0.29, 0.717) is 10.4 Å². The van der Waals surface area contributed by atoms with E-state index in [1.165, 1.54) is 17.4 Å². The molecule has 6 heteroatoms. The minimum Gasteiger partial charge on any atom is -0.334 e. The lowest BCUT2D eigenvalue weighted by Gasteiger charge is -2.04. The SMILES string of the molecule is Cc1ccc(C(=O)Cn2ccc3cccc([N+](=O)[O-])c32)s1. The van der Waals surface area contributed by atoms with Crippen LogP contribution in [0.3, 0.4) is 0 Å². The highest BCUT2D eigenvalue weighted by atomic mass is 32.1. The first-order valence-corrected chi connectivity index (χ1v) is 7.20. The smallest absolute Gasteiger partial charge is 0.293 e. The number of aromatic nitrogens is 1. The van der Waals surface area contributed by atoms with Crippen LogP contribution < -0.4 is 0 Å². The number of hydrogen-bond acceptors (Lipinski definition) is 4. The topological polar surface area (TPSA) is 65.1 Å². The van der Waals surface area contributed by atoms with Crippen molar-refractivity contribution in [2.75, 3.05) is 0 Å². The Labute approximate surface area is 124 Å². The van der Waals surface area contributed by atoms with E-state index in [0.717, 1.165) is 10.3 Å². The van der Waals surface area contributed by atoms with Crippen molar-refractivity contribution >= 4 is 33.7 Å². The number of non-ortho nitro benzene ring substituents is 1. The summed E-state index contributed by atoms with van der Waals surface area (Å²) in [6.07, 6.45) is 1.72. The molecular weight excluding hydrogens is 288 g/mol. The third-order valence-electron chi connectivity index (χ3n) is 3.29. The number of Topliss-reactive ketones (excluding diaryl/α,β-unsaturated/α-hetero) is 1. The zero-order chi connectivity index (χ0) is 15.0. The number of rotatable bonds is 4. The van der Waals surface area contributed by atoms with Gasteiger partial charge in [-0.15, -0.1) is 11.3 Å². The second-order valence-corrected chi connectivity index (χ2v) is 6.04. The largest absolute Gasteiger partial charge is 0.334 e. The van der Waals surface area contributed by atoms with Gasteiger partial charge in [0, 0.05) is 22.5 Å². The molecule has 0 bridgehead atoms. The first-order chi connectivity index (χ1) is 10.1.